The highest BCUT2D eigenvalue weighted by atomic mass is 35.5. The van der Waals surface area contributed by atoms with Crippen LogP contribution in [0.15, 0.2) is 6.20 Å². The zero-order chi connectivity index (χ0) is 13.6. The van der Waals surface area contributed by atoms with Crippen molar-refractivity contribution in [2.45, 2.75) is 38.8 Å². The third kappa shape index (κ3) is 2.25. The molecule has 2 aliphatic rings. The van der Waals surface area contributed by atoms with Crippen LogP contribution < -0.4 is 11.1 Å². The van der Waals surface area contributed by atoms with E-state index in [9.17, 15) is 4.79 Å². The van der Waals surface area contributed by atoms with Crippen LogP contribution in [0.2, 0.25) is 5.02 Å². The topological polar surface area (TPSA) is 72.9 Å². The van der Waals surface area contributed by atoms with Gasteiger partial charge < -0.3 is 11.1 Å². The number of nitrogens with two attached hydrogens (primary N) is 1. The Labute approximate surface area is 117 Å². The van der Waals surface area contributed by atoms with Gasteiger partial charge in [0.1, 0.15) is 5.02 Å². The van der Waals surface area contributed by atoms with Gasteiger partial charge in [0.15, 0.2) is 5.82 Å². The number of nitrogens with zero attached hydrogens (tertiary/aromatic N) is 2. The lowest BCUT2D eigenvalue weighted by molar-refractivity contribution is -0.119. The largest absolute Gasteiger partial charge is 0.327 e. The summed E-state index contributed by atoms with van der Waals surface area (Å²) in [7, 11) is 0. The number of halogens is 1. The maximum absolute atomic E-state index is 12.2. The van der Waals surface area contributed by atoms with Gasteiger partial charge in [0, 0.05) is 24.7 Å². The number of hydrogen-bond donors (Lipinski definition) is 2. The number of aromatic nitrogens is 2. The molecule has 0 radical (unpaired) electrons. The van der Waals surface area contributed by atoms with E-state index in [2.05, 4.69) is 10.4 Å². The number of amides is 1. The first-order chi connectivity index (χ1) is 9.08. The van der Waals surface area contributed by atoms with Crippen molar-refractivity contribution < 1.29 is 4.79 Å². The summed E-state index contributed by atoms with van der Waals surface area (Å²) in [4.78, 5) is 12.2. The van der Waals surface area contributed by atoms with Gasteiger partial charge in [-0.15, -0.1) is 0 Å². The van der Waals surface area contributed by atoms with E-state index in [-0.39, 0.29) is 11.8 Å². The fraction of sp³-hybridized carbons (Fsp3) is 0.692. The summed E-state index contributed by atoms with van der Waals surface area (Å²) in [5.41, 5.74) is 5.96. The highest BCUT2D eigenvalue weighted by molar-refractivity contribution is 6.33. The van der Waals surface area contributed by atoms with Crippen molar-refractivity contribution >= 4 is 23.3 Å². The van der Waals surface area contributed by atoms with Crippen molar-refractivity contribution in [3.63, 3.8) is 0 Å². The predicted molar refractivity (Wildman–Crippen MR) is 73.8 cm³/mol. The van der Waals surface area contributed by atoms with Gasteiger partial charge in [0.05, 0.1) is 0 Å². The zero-order valence-corrected chi connectivity index (χ0v) is 11.7. The second kappa shape index (κ2) is 4.80. The van der Waals surface area contributed by atoms with Crippen molar-refractivity contribution in [2.24, 2.45) is 23.5 Å². The molecule has 3 rings (SSSR count). The van der Waals surface area contributed by atoms with Gasteiger partial charge in [-0.1, -0.05) is 11.6 Å². The molecule has 6 heteroatoms. The Morgan fingerprint density at radius 1 is 1.58 bits per heavy atom. The normalized spacial score (nSPS) is 32.8. The van der Waals surface area contributed by atoms with Crippen LogP contribution in [0.5, 0.6) is 0 Å². The highest BCUT2D eigenvalue weighted by Gasteiger charge is 2.47. The van der Waals surface area contributed by atoms with E-state index < -0.39 is 0 Å². The molecule has 2 fully saturated rings. The van der Waals surface area contributed by atoms with Crippen LogP contribution >= 0.6 is 11.6 Å². The van der Waals surface area contributed by atoms with Crippen LogP contribution in [0, 0.1) is 17.8 Å². The van der Waals surface area contributed by atoms with E-state index in [1.807, 2.05) is 6.92 Å². The third-order valence-electron chi connectivity index (χ3n) is 4.53. The van der Waals surface area contributed by atoms with Gasteiger partial charge in [0.2, 0.25) is 5.91 Å². The molecule has 1 aromatic rings. The summed E-state index contributed by atoms with van der Waals surface area (Å²) in [6, 6.07) is 0.297. The number of rotatable bonds is 3. The molecule has 0 spiro atoms. The van der Waals surface area contributed by atoms with Gasteiger partial charge in [-0.2, -0.15) is 5.10 Å². The number of hydrogen-bond acceptors (Lipinski definition) is 3. The van der Waals surface area contributed by atoms with Crippen LogP contribution in [-0.4, -0.2) is 21.7 Å². The molecule has 2 aliphatic carbocycles. The summed E-state index contributed by atoms with van der Waals surface area (Å²) >= 11 is 6.05. The molecule has 1 amide bonds. The van der Waals surface area contributed by atoms with E-state index in [1.165, 1.54) is 0 Å². The molecule has 2 saturated carbocycles. The lowest BCUT2D eigenvalue weighted by atomic mass is 9.72. The Morgan fingerprint density at radius 3 is 2.95 bits per heavy atom. The highest BCUT2D eigenvalue weighted by Crippen LogP contribution is 2.49. The minimum atomic E-state index is 0.0323. The van der Waals surface area contributed by atoms with Crippen LogP contribution in [0.4, 0.5) is 5.82 Å². The van der Waals surface area contributed by atoms with Gasteiger partial charge in [0.25, 0.3) is 0 Å². The van der Waals surface area contributed by atoms with Crippen molar-refractivity contribution in [1.82, 2.24) is 9.78 Å². The van der Waals surface area contributed by atoms with Crippen molar-refractivity contribution in [2.75, 3.05) is 5.32 Å². The number of fused-ring (bicyclic) bond motifs is 1. The molecule has 104 valence electrons. The maximum Gasteiger partial charge on any atom is 0.228 e. The Morgan fingerprint density at radius 2 is 2.37 bits per heavy atom. The van der Waals surface area contributed by atoms with E-state index in [0.717, 1.165) is 25.8 Å². The van der Waals surface area contributed by atoms with Crippen LogP contribution in [0.25, 0.3) is 0 Å². The van der Waals surface area contributed by atoms with Gasteiger partial charge >= 0.3 is 0 Å². The van der Waals surface area contributed by atoms with E-state index >= 15 is 0 Å². The number of nitrogens with one attached hydrogen (secondary N) is 1. The minimum Gasteiger partial charge on any atom is -0.327 e. The maximum atomic E-state index is 12.2. The van der Waals surface area contributed by atoms with E-state index in [1.54, 1.807) is 10.9 Å². The molecule has 0 bridgehead atoms. The summed E-state index contributed by atoms with van der Waals surface area (Å²) < 4.78 is 1.71. The average molecular weight is 283 g/mol. The van der Waals surface area contributed by atoms with Gasteiger partial charge in [-0.25, -0.2) is 0 Å². The average Bonchev–Trinajstić information content (AvgIpc) is 2.90. The molecule has 1 aromatic heterocycles. The number of carbonyl (C=O) groups excluding carboxylic acids is 1. The number of anilines is 1. The number of carbonyl (C=O) groups is 1. The summed E-state index contributed by atoms with van der Waals surface area (Å²) in [6.45, 7) is 2.71. The Hall–Kier alpha value is -1.07. The Bertz CT molecular complexity index is 501. The second-order valence-electron chi connectivity index (χ2n) is 5.66. The van der Waals surface area contributed by atoms with Gasteiger partial charge in [-0.05, 0) is 38.0 Å². The Balaban J connectivity index is 1.63. The molecule has 19 heavy (non-hydrogen) atoms. The molecule has 0 aliphatic heterocycles. The lowest BCUT2D eigenvalue weighted by Crippen LogP contribution is -2.44. The molecule has 5 nitrogen and oxygen atoms in total. The summed E-state index contributed by atoms with van der Waals surface area (Å²) in [6.07, 6.45) is 4.66. The first-order valence-corrected chi connectivity index (χ1v) is 7.25. The number of aryl methyl sites for hydroxylation is 1. The SMILES string of the molecule is CCn1cc(Cl)c(NC(=O)C2CC3CC(N)C3C2)n1. The van der Waals surface area contributed by atoms with Crippen LogP contribution in [0.3, 0.4) is 0 Å². The molecule has 4 unspecified atom stereocenters. The predicted octanol–water partition coefficient (Wildman–Crippen LogP) is 1.87. The van der Waals surface area contributed by atoms with Crippen molar-refractivity contribution in [1.29, 1.82) is 0 Å². The molecule has 0 aromatic carbocycles. The first-order valence-electron chi connectivity index (χ1n) is 6.88. The molecule has 1 heterocycles. The fourth-order valence-electron chi connectivity index (χ4n) is 3.36. The lowest BCUT2D eigenvalue weighted by Gasteiger charge is -2.37. The van der Waals surface area contributed by atoms with Crippen LogP contribution in [0.1, 0.15) is 26.2 Å². The first kappa shape index (κ1) is 12.9. The molecular formula is C13H19ClN4O. The molecule has 0 saturated heterocycles. The molecule has 4 atom stereocenters. The minimum absolute atomic E-state index is 0.0323. The smallest absolute Gasteiger partial charge is 0.228 e. The standard InChI is InChI=1S/C13H19ClN4O/c1-2-18-6-10(14)12(17-18)16-13(19)8-3-7-5-11(15)9(7)4-8/h6-9,11H,2-5,15H2,1H3,(H,16,17,19). The molecule has 3 N–H and O–H groups in total. The van der Waals surface area contributed by atoms with E-state index in [4.69, 9.17) is 17.3 Å². The van der Waals surface area contributed by atoms with E-state index in [0.29, 0.717) is 28.7 Å². The zero-order valence-electron chi connectivity index (χ0n) is 11.0. The summed E-state index contributed by atoms with van der Waals surface area (Å²) in [5.74, 6) is 1.75. The van der Waals surface area contributed by atoms with Crippen LogP contribution in [-0.2, 0) is 11.3 Å². The Kier molecular flexibility index (Phi) is 3.27. The van der Waals surface area contributed by atoms with Crippen molar-refractivity contribution in [3.8, 4) is 0 Å². The van der Waals surface area contributed by atoms with Crippen molar-refractivity contribution in [3.05, 3.63) is 11.2 Å². The fourth-order valence-corrected chi connectivity index (χ4v) is 3.56. The summed E-state index contributed by atoms with van der Waals surface area (Å²) in [5, 5.41) is 7.58. The second-order valence-corrected chi connectivity index (χ2v) is 6.07. The quantitative estimate of drug-likeness (QED) is 0.889. The molecular weight excluding hydrogens is 264 g/mol. The van der Waals surface area contributed by atoms with Gasteiger partial charge in [-0.3, -0.25) is 9.48 Å². The monoisotopic (exact) mass is 282 g/mol. The third-order valence-corrected chi connectivity index (χ3v) is 4.80.